The van der Waals surface area contributed by atoms with Crippen LogP contribution in [-0.2, 0) is 6.42 Å². The van der Waals surface area contributed by atoms with Gasteiger partial charge in [0, 0.05) is 5.56 Å². The number of rotatable bonds is 2. The third-order valence-corrected chi connectivity index (χ3v) is 3.75. The fourth-order valence-electron chi connectivity index (χ4n) is 2.75. The van der Waals surface area contributed by atoms with Crippen molar-refractivity contribution in [1.82, 2.24) is 14.4 Å². The summed E-state index contributed by atoms with van der Waals surface area (Å²) in [5.74, 6) is 0.882. The maximum atomic E-state index is 12.7. The zero-order valence-corrected chi connectivity index (χ0v) is 12.3. The number of benzene rings is 1. The smallest absolute Gasteiger partial charge is 0.263 e. The van der Waals surface area contributed by atoms with Crippen LogP contribution in [0.2, 0.25) is 0 Å². The molecule has 4 nitrogen and oxygen atoms in total. The molecule has 104 valence electrons. The Labute approximate surface area is 117 Å². The van der Waals surface area contributed by atoms with E-state index in [9.17, 15) is 4.79 Å². The van der Waals surface area contributed by atoms with E-state index < -0.39 is 0 Å². The summed E-state index contributed by atoms with van der Waals surface area (Å²) >= 11 is 0. The highest BCUT2D eigenvalue weighted by Crippen LogP contribution is 2.20. The first-order chi connectivity index (χ1) is 9.52. The zero-order chi connectivity index (χ0) is 14.4. The number of aromatic nitrogens is 3. The Balaban J connectivity index is 2.50. The van der Waals surface area contributed by atoms with E-state index in [1.54, 1.807) is 4.40 Å². The number of nitrogens with one attached hydrogen (secondary N) is 1. The fraction of sp³-hybridized carbons (Fsp3) is 0.375. The molecule has 20 heavy (non-hydrogen) atoms. The average molecular weight is 269 g/mol. The Kier molecular flexibility index (Phi) is 2.89. The van der Waals surface area contributed by atoms with Gasteiger partial charge >= 0.3 is 0 Å². The maximum Gasteiger partial charge on any atom is 0.263 e. The number of hydrogen-bond acceptors (Lipinski definition) is 2. The summed E-state index contributed by atoms with van der Waals surface area (Å²) in [6, 6.07) is 6.04. The minimum Gasteiger partial charge on any atom is -0.323 e. The van der Waals surface area contributed by atoms with Gasteiger partial charge in [-0.3, -0.25) is 4.79 Å². The van der Waals surface area contributed by atoms with Gasteiger partial charge in [-0.25, -0.2) is 9.38 Å². The predicted octanol–water partition coefficient (Wildman–Crippen LogP) is 3.17. The number of aryl methyl sites for hydroxylation is 1. The summed E-state index contributed by atoms with van der Waals surface area (Å²) in [4.78, 5) is 20.7. The van der Waals surface area contributed by atoms with E-state index in [1.807, 2.05) is 32.0 Å². The van der Waals surface area contributed by atoms with Gasteiger partial charge in [0.05, 0.1) is 16.7 Å². The van der Waals surface area contributed by atoms with Gasteiger partial charge in [-0.1, -0.05) is 26.8 Å². The van der Waals surface area contributed by atoms with Crippen LogP contribution in [0.4, 0.5) is 0 Å². The first-order valence-corrected chi connectivity index (χ1v) is 7.06. The maximum absolute atomic E-state index is 12.7. The molecule has 0 aliphatic carbocycles. The third kappa shape index (κ3) is 1.75. The molecular weight excluding hydrogens is 250 g/mol. The molecule has 1 N–H and O–H groups in total. The molecule has 0 saturated carbocycles. The van der Waals surface area contributed by atoms with Crippen LogP contribution in [0, 0.1) is 6.92 Å². The standard InChI is InChI=1S/C16H19N3O/c1-5-11-14(9(2)3)18-16-17-12-8-10(4)6-7-13(12)19(16)15(11)20/h6-9H,5H2,1-4H3,(H,17,18). The molecule has 0 aliphatic heterocycles. The van der Waals surface area contributed by atoms with Crippen LogP contribution in [0.5, 0.6) is 0 Å². The topological polar surface area (TPSA) is 50.2 Å². The van der Waals surface area contributed by atoms with Crippen LogP contribution in [0.1, 0.15) is 43.5 Å². The molecule has 0 saturated heterocycles. The van der Waals surface area contributed by atoms with Crippen molar-refractivity contribution >= 4 is 16.8 Å². The lowest BCUT2D eigenvalue weighted by molar-refractivity contribution is 0.783. The average Bonchev–Trinajstić information content (AvgIpc) is 2.75. The molecule has 0 unspecified atom stereocenters. The Morgan fingerprint density at radius 1 is 1.35 bits per heavy atom. The van der Waals surface area contributed by atoms with Gasteiger partial charge in [0.25, 0.3) is 5.56 Å². The van der Waals surface area contributed by atoms with Crippen molar-refractivity contribution < 1.29 is 0 Å². The largest absolute Gasteiger partial charge is 0.323 e. The van der Waals surface area contributed by atoms with Gasteiger partial charge in [0.15, 0.2) is 0 Å². The Bertz CT molecular complexity index is 855. The van der Waals surface area contributed by atoms with E-state index in [0.29, 0.717) is 12.2 Å². The summed E-state index contributed by atoms with van der Waals surface area (Å²) < 4.78 is 1.69. The van der Waals surface area contributed by atoms with Gasteiger partial charge in [-0.05, 0) is 37.0 Å². The lowest BCUT2D eigenvalue weighted by Gasteiger charge is -2.10. The molecule has 3 aromatic rings. The minimum absolute atomic E-state index is 0.0521. The predicted molar refractivity (Wildman–Crippen MR) is 81.5 cm³/mol. The van der Waals surface area contributed by atoms with E-state index in [4.69, 9.17) is 0 Å². The van der Waals surface area contributed by atoms with Gasteiger partial charge in [0.1, 0.15) is 0 Å². The van der Waals surface area contributed by atoms with E-state index in [-0.39, 0.29) is 11.5 Å². The Morgan fingerprint density at radius 3 is 2.75 bits per heavy atom. The molecule has 2 heterocycles. The minimum atomic E-state index is 0.0521. The van der Waals surface area contributed by atoms with Crippen LogP contribution in [0.25, 0.3) is 16.8 Å². The number of aromatic amines is 1. The number of hydrogen-bond donors (Lipinski definition) is 1. The lowest BCUT2D eigenvalue weighted by atomic mass is 10.0. The van der Waals surface area contributed by atoms with Gasteiger partial charge < -0.3 is 4.98 Å². The summed E-state index contributed by atoms with van der Waals surface area (Å²) in [5.41, 5.74) is 4.79. The first-order valence-electron chi connectivity index (χ1n) is 7.06. The SMILES string of the molecule is CCc1c(C(C)C)nc2[nH]c3cc(C)ccc3n2c1=O. The lowest BCUT2D eigenvalue weighted by Crippen LogP contribution is -2.22. The Hall–Kier alpha value is -2.10. The van der Waals surface area contributed by atoms with Crippen molar-refractivity contribution in [3.8, 4) is 0 Å². The monoisotopic (exact) mass is 269 g/mol. The third-order valence-electron chi connectivity index (χ3n) is 3.75. The van der Waals surface area contributed by atoms with Crippen LogP contribution in [0.15, 0.2) is 23.0 Å². The second kappa shape index (κ2) is 4.47. The van der Waals surface area contributed by atoms with Crippen molar-refractivity contribution in [2.75, 3.05) is 0 Å². The molecule has 4 heteroatoms. The van der Waals surface area contributed by atoms with Crippen LogP contribution in [0.3, 0.4) is 0 Å². The van der Waals surface area contributed by atoms with Gasteiger partial charge in [0.2, 0.25) is 5.78 Å². The normalized spacial score (nSPS) is 11.8. The molecule has 0 aliphatic rings. The highest BCUT2D eigenvalue weighted by atomic mass is 16.1. The molecule has 2 aromatic heterocycles. The molecule has 1 aromatic carbocycles. The van der Waals surface area contributed by atoms with E-state index >= 15 is 0 Å². The second-order valence-electron chi connectivity index (χ2n) is 5.59. The summed E-state index contributed by atoms with van der Waals surface area (Å²) in [7, 11) is 0. The van der Waals surface area contributed by atoms with Crippen molar-refractivity contribution in [3.63, 3.8) is 0 Å². The number of H-pyrrole nitrogens is 1. The van der Waals surface area contributed by atoms with Gasteiger partial charge in [-0.15, -0.1) is 0 Å². The Morgan fingerprint density at radius 2 is 2.10 bits per heavy atom. The molecular formula is C16H19N3O. The highest BCUT2D eigenvalue weighted by Gasteiger charge is 2.16. The van der Waals surface area contributed by atoms with Crippen molar-refractivity contribution in [3.05, 3.63) is 45.4 Å². The molecule has 3 rings (SSSR count). The number of imidazole rings is 1. The van der Waals surface area contributed by atoms with Gasteiger partial charge in [-0.2, -0.15) is 0 Å². The zero-order valence-electron chi connectivity index (χ0n) is 12.3. The molecule has 0 fully saturated rings. The molecule has 0 spiro atoms. The molecule has 0 amide bonds. The molecule has 0 radical (unpaired) electrons. The quantitative estimate of drug-likeness (QED) is 0.777. The highest BCUT2D eigenvalue weighted by molar-refractivity contribution is 5.80. The summed E-state index contributed by atoms with van der Waals surface area (Å²) in [6.07, 6.45) is 0.709. The molecule has 0 atom stereocenters. The van der Waals surface area contributed by atoms with Crippen LogP contribution >= 0.6 is 0 Å². The van der Waals surface area contributed by atoms with Crippen molar-refractivity contribution in [2.24, 2.45) is 0 Å². The first kappa shape index (κ1) is 12.9. The van der Waals surface area contributed by atoms with Crippen LogP contribution in [-0.4, -0.2) is 14.4 Å². The second-order valence-corrected chi connectivity index (χ2v) is 5.59. The van der Waals surface area contributed by atoms with E-state index in [1.165, 1.54) is 0 Å². The summed E-state index contributed by atoms with van der Waals surface area (Å²) in [5, 5.41) is 0. The molecule has 0 bridgehead atoms. The van der Waals surface area contributed by atoms with Crippen LogP contribution < -0.4 is 5.56 Å². The van der Waals surface area contributed by atoms with Crippen molar-refractivity contribution in [1.29, 1.82) is 0 Å². The fourth-order valence-corrected chi connectivity index (χ4v) is 2.75. The number of fused-ring (bicyclic) bond motifs is 3. The van der Waals surface area contributed by atoms with E-state index in [0.717, 1.165) is 27.9 Å². The van der Waals surface area contributed by atoms with E-state index in [2.05, 4.69) is 23.8 Å². The summed E-state index contributed by atoms with van der Waals surface area (Å²) in [6.45, 7) is 8.20. The number of nitrogens with zero attached hydrogens (tertiary/aromatic N) is 2. The van der Waals surface area contributed by atoms with Crippen molar-refractivity contribution in [2.45, 2.75) is 40.0 Å².